The monoisotopic (exact) mass is 1080 g/mol. The minimum atomic E-state index is -0.0683. The second kappa shape index (κ2) is 33.5. The normalized spacial score (nSPS) is 11.5. The predicted octanol–water partition coefficient (Wildman–Crippen LogP) is 10.1. The van der Waals surface area contributed by atoms with Gasteiger partial charge < -0.3 is 58.0 Å². The molecule has 6 heterocycles. The lowest BCUT2D eigenvalue weighted by Crippen LogP contribution is -2.24. The summed E-state index contributed by atoms with van der Waals surface area (Å²) in [6.45, 7) is 10.6. The molecule has 0 aliphatic heterocycles. The molecule has 0 saturated heterocycles. The smallest absolute Gasteiger partial charge is 0.261 e. The van der Waals surface area contributed by atoms with Crippen molar-refractivity contribution in [3.05, 3.63) is 82.6 Å². The zero-order valence-electron chi connectivity index (χ0n) is 39.8. The van der Waals surface area contributed by atoms with Crippen molar-refractivity contribution in [3.8, 4) is 48.8 Å². The van der Waals surface area contributed by atoms with Gasteiger partial charge in [-0.2, -0.15) is 0 Å². The van der Waals surface area contributed by atoms with Crippen molar-refractivity contribution in [2.45, 2.75) is 12.8 Å². The molecule has 0 bridgehead atoms. The lowest BCUT2D eigenvalue weighted by molar-refractivity contribution is -0.00787. The summed E-state index contributed by atoms with van der Waals surface area (Å²) in [5.41, 5.74) is 0. The molecular formula is C50H64N2O12S6. The van der Waals surface area contributed by atoms with E-state index in [1.165, 1.54) is 51.9 Å². The van der Waals surface area contributed by atoms with E-state index in [0.29, 0.717) is 142 Å². The van der Waals surface area contributed by atoms with Crippen molar-refractivity contribution in [2.75, 3.05) is 146 Å². The topological polar surface area (TPSA) is 150 Å². The Kier molecular flexibility index (Phi) is 26.8. The highest BCUT2D eigenvalue weighted by Gasteiger charge is 2.16. The van der Waals surface area contributed by atoms with Gasteiger partial charge in [-0.05, 0) is 85.6 Å². The van der Waals surface area contributed by atoms with Crippen LogP contribution in [0.2, 0.25) is 0 Å². The molecule has 0 spiro atoms. The third-order valence-electron chi connectivity index (χ3n) is 9.90. The van der Waals surface area contributed by atoms with Gasteiger partial charge in [-0.3, -0.25) is 9.59 Å². The number of nitrogens with one attached hydrogen (secondary N) is 2. The van der Waals surface area contributed by atoms with Gasteiger partial charge in [0.1, 0.15) is 0 Å². The largest absolute Gasteiger partial charge is 0.382 e. The molecule has 0 aromatic carbocycles. The third-order valence-corrected chi connectivity index (χ3v) is 17.4. The molecule has 0 radical (unpaired) electrons. The van der Waals surface area contributed by atoms with Crippen LogP contribution in [0.15, 0.2) is 72.8 Å². The Labute approximate surface area is 435 Å². The van der Waals surface area contributed by atoms with Crippen LogP contribution in [0.1, 0.15) is 32.2 Å². The maximum Gasteiger partial charge on any atom is 0.261 e. The highest BCUT2D eigenvalue weighted by molar-refractivity contribution is 7.30. The number of carbonyl (C=O) groups is 2. The van der Waals surface area contributed by atoms with Crippen LogP contribution in [0.5, 0.6) is 0 Å². The summed E-state index contributed by atoms with van der Waals surface area (Å²) >= 11 is 10.1. The van der Waals surface area contributed by atoms with Gasteiger partial charge in [0.25, 0.3) is 11.8 Å². The number of methoxy groups -OCH3 is 2. The van der Waals surface area contributed by atoms with E-state index in [0.717, 1.165) is 32.4 Å². The summed E-state index contributed by atoms with van der Waals surface area (Å²) < 4.78 is 53.8. The molecule has 14 nitrogen and oxygen atoms in total. The van der Waals surface area contributed by atoms with Crippen LogP contribution >= 0.6 is 68.0 Å². The minimum Gasteiger partial charge on any atom is -0.382 e. The van der Waals surface area contributed by atoms with E-state index in [4.69, 9.17) is 47.4 Å². The molecule has 382 valence electrons. The molecule has 0 unspecified atom stereocenters. The van der Waals surface area contributed by atoms with Crippen LogP contribution in [0.4, 0.5) is 0 Å². The average Bonchev–Trinajstić information content (AvgIpc) is 4.23. The second-order valence-electron chi connectivity index (χ2n) is 15.1. The highest BCUT2D eigenvalue weighted by Crippen LogP contribution is 2.46. The van der Waals surface area contributed by atoms with Gasteiger partial charge in [0, 0.05) is 89.3 Å². The van der Waals surface area contributed by atoms with Crippen molar-refractivity contribution < 1.29 is 57.0 Å². The molecule has 0 aliphatic rings. The number of carbonyl (C=O) groups excluding carboxylic acids is 2. The van der Waals surface area contributed by atoms with Crippen molar-refractivity contribution in [3.63, 3.8) is 0 Å². The van der Waals surface area contributed by atoms with E-state index in [2.05, 4.69) is 59.2 Å². The predicted molar refractivity (Wildman–Crippen MR) is 285 cm³/mol. The summed E-state index contributed by atoms with van der Waals surface area (Å²) in [7, 11) is 3.29. The summed E-state index contributed by atoms with van der Waals surface area (Å²) in [4.78, 5) is 38.9. The first-order valence-corrected chi connectivity index (χ1v) is 28.2. The molecule has 20 heteroatoms. The van der Waals surface area contributed by atoms with Crippen LogP contribution in [-0.2, 0) is 47.4 Å². The summed E-state index contributed by atoms with van der Waals surface area (Å²) in [5, 5.41) is 6.03. The van der Waals surface area contributed by atoms with E-state index in [-0.39, 0.29) is 11.8 Å². The molecule has 6 aromatic rings. The number of thiophene rings is 6. The Morgan fingerprint density at radius 3 is 0.786 bits per heavy atom. The fourth-order valence-electron chi connectivity index (χ4n) is 6.33. The lowest BCUT2D eigenvalue weighted by Gasteiger charge is -2.07. The number of ether oxygens (including phenoxy) is 10. The standard InChI is InChI=1S/C50H64N2O12S6/c1-55-21-23-59-29-31-63-35-33-61-27-25-57-19-3-17-51-49(53)47-15-13-45(69-47)43-11-9-41(67-43)39-7-5-37(65-39)38-6-8-40(66-38)42-10-12-44(68-42)46-14-16-48(70-46)50(54)52-18-4-20-58-26-28-62-34-36-64-32-30-60-24-22-56-2/h5-16H,3-4,17-36H2,1-2H3,(H,51,53)(H,52,54). The van der Waals surface area contributed by atoms with Gasteiger partial charge >= 0.3 is 0 Å². The quantitative estimate of drug-likeness (QED) is 0.0354. The van der Waals surface area contributed by atoms with Gasteiger partial charge in [0.15, 0.2) is 0 Å². The Bertz CT molecular complexity index is 2190. The first kappa shape index (κ1) is 56.0. The van der Waals surface area contributed by atoms with Gasteiger partial charge in [-0.15, -0.1) is 68.0 Å². The molecular weight excluding hydrogens is 1010 g/mol. The molecule has 2 amide bonds. The van der Waals surface area contributed by atoms with E-state index >= 15 is 0 Å². The maximum absolute atomic E-state index is 12.9. The fourth-order valence-corrected chi connectivity index (χ4v) is 12.7. The average molecular weight is 1080 g/mol. The van der Waals surface area contributed by atoms with Crippen LogP contribution in [0.3, 0.4) is 0 Å². The van der Waals surface area contributed by atoms with Crippen molar-refractivity contribution in [1.29, 1.82) is 0 Å². The Morgan fingerprint density at radius 1 is 0.314 bits per heavy atom. The molecule has 0 saturated carbocycles. The van der Waals surface area contributed by atoms with Crippen LogP contribution in [0.25, 0.3) is 48.8 Å². The van der Waals surface area contributed by atoms with E-state index in [1.54, 1.807) is 59.6 Å². The van der Waals surface area contributed by atoms with Gasteiger partial charge in [-0.25, -0.2) is 0 Å². The van der Waals surface area contributed by atoms with Crippen molar-refractivity contribution >= 4 is 79.8 Å². The van der Waals surface area contributed by atoms with Crippen LogP contribution in [-0.4, -0.2) is 158 Å². The van der Waals surface area contributed by atoms with E-state index < -0.39 is 0 Å². The lowest BCUT2D eigenvalue weighted by atomic mass is 10.3. The molecule has 0 atom stereocenters. The van der Waals surface area contributed by atoms with Crippen molar-refractivity contribution in [1.82, 2.24) is 10.6 Å². The number of rotatable bonds is 39. The Balaban J connectivity index is 0.839. The van der Waals surface area contributed by atoms with E-state index in [1.807, 2.05) is 24.3 Å². The van der Waals surface area contributed by atoms with Gasteiger partial charge in [-0.1, -0.05) is 0 Å². The SMILES string of the molecule is COCCOCCOCCOCCOCCCNC(=O)c1ccc(-c2ccc(-c3ccc(-c4ccc(-c5ccc(-c6ccc(C(=O)NCCCOCCOCCOCCOCCOC)s6)s5)s4)s3)s2)s1. The molecule has 6 aromatic heterocycles. The van der Waals surface area contributed by atoms with Gasteiger partial charge in [0.2, 0.25) is 0 Å². The first-order chi connectivity index (χ1) is 34.5. The fraction of sp³-hybridized carbons (Fsp3) is 0.480. The summed E-state index contributed by atoms with van der Waals surface area (Å²) in [6.07, 6.45) is 1.44. The zero-order valence-corrected chi connectivity index (χ0v) is 44.7. The first-order valence-electron chi connectivity index (χ1n) is 23.3. The number of hydrogen-bond acceptors (Lipinski definition) is 18. The number of amides is 2. The van der Waals surface area contributed by atoms with Gasteiger partial charge in [0.05, 0.1) is 115 Å². The summed E-state index contributed by atoms with van der Waals surface area (Å²) in [6, 6.07) is 25.3. The second-order valence-corrected chi connectivity index (χ2v) is 21.6. The summed E-state index contributed by atoms with van der Waals surface area (Å²) in [5.74, 6) is -0.137. The molecule has 0 aliphatic carbocycles. The number of hydrogen-bond donors (Lipinski definition) is 2. The van der Waals surface area contributed by atoms with E-state index in [9.17, 15) is 9.59 Å². The molecule has 2 N–H and O–H groups in total. The van der Waals surface area contributed by atoms with Crippen LogP contribution in [0, 0.1) is 0 Å². The minimum absolute atomic E-state index is 0.0683. The zero-order chi connectivity index (χ0) is 48.9. The third kappa shape index (κ3) is 20.0. The Hall–Kier alpha value is -3.26. The van der Waals surface area contributed by atoms with Crippen molar-refractivity contribution in [2.24, 2.45) is 0 Å². The maximum atomic E-state index is 12.9. The highest BCUT2D eigenvalue weighted by atomic mass is 32.1. The molecule has 0 fully saturated rings. The molecule has 6 rings (SSSR count). The Morgan fingerprint density at radius 2 is 0.529 bits per heavy atom. The van der Waals surface area contributed by atoms with Crippen LogP contribution < -0.4 is 10.6 Å². The molecule has 70 heavy (non-hydrogen) atoms.